The van der Waals surface area contributed by atoms with Crippen LogP contribution in [0.4, 0.5) is 0 Å². The molecule has 0 bridgehead atoms. The number of carboxylic acids is 2. The molecule has 92 valence electrons. The summed E-state index contributed by atoms with van der Waals surface area (Å²) in [5.41, 5.74) is 0. The first-order valence-corrected chi connectivity index (χ1v) is 4.78. The van der Waals surface area contributed by atoms with Gasteiger partial charge >= 0.3 is 11.9 Å². The van der Waals surface area contributed by atoms with Gasteiger partial charge < -0.3 is 19.9 Å². The van der Waals surface area contributed by atoms with Crippen LogP contribution in [0.1, 0.15) is 17.0 Å². The van der Waals surface area contributed by atoms with Crippen molar-refractivity contribution in [1.82, 2.24) is 5.32 Å². The van der Waals surface area contributed by atoms with E-state index in [1.54, 1.807) is 0 Å². The minimum absolute atomic E-state index is 0.0275. The van der Waals surface area contributed by atoms with E-state index in [0.29, 0.717) is 0 Å². The van der Waals surface area contributed by atoms with E-state index in [-0.39, 0.29) is 11.0 Å². The van der Waals surface area contributed by atoms with Gasteiger partial charge in [0.05, 0.1) is 6.42 Å². The Morgan fingerprint density at radius 3 is 2.41 bits per heavy atom. The molecule has 17 heavy (non-hydrogen) atoms. The summed E-state index contributed by atoms with van der Waals surface area (Å²) in [5, 5.41) is 19.1. The van der Waals surface area contributed by atoms with Crippen molar-refractivity contribution in [3.05, 3.63) is 23.1 Å². The van der Waals surface area contributed by atoms with Crippen LogP contribution >= 0.6 is 11.6 Å². The lowest BCUT2D eigenvalue weighted by molar-refractivity contribution is -0.145. The third-order valence-electron chi connectivity index (χ3n) is 1.78. The van der Waals surface area contributed by atoms with Crippen LogP contribution in [0.2, 0.25) is 5.22 Å². The van der Waals surface area contributed by atoms with Crippen molar-refractivity contribution < 1.29 is 29.0 Å². The van der Waals surface area contributed by atoms with Gasteiger partial charge in [0, 0.05) is 0 Å². The molecular formula is C9H8ClNO6. The fourth-order valence-corrected chi connectivity index (χ4v) is 1.19. The van der Waals surface area contributed by atoms with E-state index < -0.39 is 30.3 Å². The highest BCUT2D eigenvalue weighted by atomic mass is 35.5. The number of aliphatic carboxylic acids is 2. The Labute approximate surface area is 100.0 Å². The number of carboxylic acid groups (broad SMARTS) is 2. The van der Waals surface area contributed by atoms with Gasteiger partial charge in [-0.3, -0.25) is 9.59 Å². The average Bonchev–Trinajstić information content (AvgIpc) is 2.63. The normalized spacial score (nSPS) is 11.8. The zero-order valence-electron chi connectivity index (χ0n) is 8.34. The van der Waals surface area contributed by atoms with Crippen LogP contribution in [0.3, 0.4) is 0 Å². The second-order valence-electron chi connectivity index (χ2n) is 3.07. The number of furan rings is 1. The van der Waals surface area contributed by atoms with Crippen LogP contribution < -0.4 is 5.32 Å². The fourth-order valence-electron chi connectivity index (χ4n) is 1.04. The summed E-state index contributed by atoms with van der Waals surface area (Å²) in [7, 11) is 0. The topological polar surface area (TPSA) is 117 Å². The zero-order valence-corrected chi connectivity index (χ0v) is 9.10. The highest BCUT2D eigenvalue weighted by molar-refractivity contribution is 6.29. The molecule has 7 nitrogen and oxygen atoms in total. The number of carbonyl (C=O) groups is 3. The SMILES string of the molecule is O=C(O)CC(NC(=O)c1ccc(Cl)o1)C(=O)O. The molecule has 0 aliphatic heterocycles. The lowest BCUT2D eigenvalue weighted by Crippen LogP contribution is -2.42. The predicted octanol–water partition coefficient (Wildman–Crippen LogP) is 0.591. The Morgan fingerprint density at radius 2 is 2.00 bits per heavy atom. The van der Waals surface area contributed by atoms with E-state index >= 15 is 0 Å². The predicted molar refractivity (Wildman–Crippen MR) is 54.9 cm³/mol. The van der Waals surface area contributed by atoms with Gasteiger partial charge in [0.2, 0.25) is 0 Å². The van der Waals surface area contributed by atoms with Gasteiger partial charge in [0.15, 0.2) is 11.0 Å². The number of hydrogen-bond acceptors (Lipinski definition) is 4. The van der Waals surface area contributed by atoms with Crippen molar-refractivity contribution in [2.24, 2.45) is 0 Å². The van der Waals surface area contributed by atoms with Gasteiger partial charge in [-0.2, -0.15) is 0 Å². The van der Waals surface area contributed by atoms with Gasteiger partial charge in [-0.25, -0.2) is 4.79 Å². The molecule has 0 radical (unpaired) electrons. The Bertz CT molecular complexity index is 454. The van der Waals surface area contributed by atoms with Crippen molar-refractivity contribution in [2.45, 2.75) is 12.5 Å². The zero-order chi connectivity index (χ0) is 13.0. The van der Waals surface area contributed by atoms with E-state index in [2.05, 4.69) is 0 Å². The summed E-state index contributed by atoms with van der Waals surface area (Å²) in [5.74, 6) is -3.81. The molecule has 1 rings (SSSR count). The summed E-state index contributed by atoms with van der Waals surface area (Å²) in [6.07, 6.45) is -0.727. The number of carbonyl (C=O) groups excluding carboxylic acids is 1. The highest BCUT2D eigenvalue weighted by Gasteiger charge is 2.24. The lowest BCUT2D eigenvalue weighted by Gasteiger charge is -2.10. The molecule has 0 spiro atoms. The Balaban J connectivity index is 2.70. The minimum Gasteiger partial charge on any atom is -0.481 e. The molecular weight excluding hydrogens is 254 g/mol. The van der Waals surface area contributed by atoms with Gasteiger partial charge in [0.25, 0.3) is 5.91 Å². The molecule has 0 saturated carbocycles. The average molecular weight is 262 g/mol. The molecule has 3 N–H and O–H groups in total. The van der Waals surface area contributed by atoms with Gasteiger partial charge in [0.1, 0.15) is 6.04 Å². The molecule has 8 heteroatoms. The first-order valence-electron chi connectivity index (χ1n) is 4.41. The summed E-state index contributed by atoms with van der Waals surface area (Å²) < 4.78 is 4.74. The van der Waals surface area contributed by atoms with Crippen LogP contribution in [0.15, 0.2) is 16.5 Å². The van der Waals surface area contributed by atoms with Crippen LogP contribution in [-0.2, 0) is 9.59 Å². The molecule has 1 amide bonds. The quantitative estimate of drug-likeness (QED) is 0.714. The van der Waals surface area contributed by atoms with E-state index in [9.17, 15) is 14.4 Å². The maximum atomic E-state index is 11.4. The van der Waals surface area contributed by atoms with E-state index in [1.165, 1.54) is 12.1 Å². The number of amides is 1. The number of hydrogen-bond donors (Lipinski definition) is 3. The number of halogens is 1. The molecule has 1 atom stereocenters. The second-order valence-corrected chi connectivity index (χ2v) is 3.44. The molecule has 0 aliphatic carbocycles. The number of nitrogens with one attached hydrogen (secondary N) is 1. The Kier molecular flexibility index (Phi) is 4.11. The van der Waals surface area contributed by atoms with Crippen LogP contribution in [0.5, 0.6) is 0 Å². The maximum absolute atomic E-state index is 11.4. The molecule has 0 fully saturated rings. The minimum atomic E-state index is -1.52. The van der Waals surface area contributed by atoms with E-state index in [1.807, 2.05) is 5.32 Å². The van der Waals surface area contributed by atoms with Gasteiger partial charge in [-0.1, -0.05) is 0 Å². The lowest BCUT2D eigenvalue weighted by atomic mass is 10.2. The molecule has 1 unspecified atom stereocenters. The first kappa shape index (κ1) is 13.0. The standard InChI is InChI=1S/C9H8ClNO6/c10-6-2-1-5(17-6)8(14)11-4(9(15)16)3-7(12)13/h1-2,4H,3H2,(H,11,14)(H,12,13)(H,15,16). The maximum Gasteiger partial charge on any atom is 0.326 e. The molecule has 1 aromatic heterocycles. The summed E-state index contributed by atoms with van der Waals surface area (Å²) >= 11 is 5.43. The molecule has 0 aromatic carbocycles. The van der Waals surface area contributed by atoms with E-state index in [4.69, 9.17) is 26.2 Å². The highest BCUT2D eigenvalue weighted by Crippen LogP contribution is 2.13. The van der Waals surface area contributed by atoms with Crippen molar-refractivity contribution in [1.29, 1.82) is 0 Å². The van der Waals surface area contributed by atoms with E-state index in [0.717, 1.165) is 0 Å². The van der Waals surface area contributed by atoms with Crippen molar-refractivity contribution in [2.75, 3.05) is 0 Å². The van der Waals surface area contributed by atoms with Gasteiger partial charge in [-0.15, -0.1) is 0 Å². The van der Waals surface area contributed by atoms with Crippen molar-refractivity contribution in [3.63, 3.8) is 0 Å². The molecule has 1 aromatic rings. The molecule has 0 saturated heterocycles. The largest absolute Gasteiger partial charge is 0.481 e. The fraction of sp³-hybridized carbons (Fsp3) is 0.222. The van der Waals surface area contributed by atoms with Crippen LogP contribution in [-0.4, -0.2) is 34.1 Å². The summed E-state index contributed by atoms with van der Waals surface area (Å²) in [6, 6.07) is 1.03. The number of rotatable bonds is 5. The van der Waals surface area contributed by atoms with Crippen LogP contribution in [0.25, 0.3) is 0 Å². The van der Waals surface area contributed by atoms with Gasteiger partial charge in [-0.05, 0) is 23.7 Å². The van der Waals surface area contributed by atoms with Crippen LogP contribution in [0, 0.1) is 0 Å². The smallest absolute Gasteiger partial charge is 0.326 e. The Hall–Kier alpha value is -2.02. The molecule has 1 heterocycles. The van der Waals surface area contributed by atoms with Crippen molar-refractivity contribution >= 4 is 29.4 Å². The van der Waals surface area contributed by atoms with Crippen molar-refractivity contribution in [3.8, 4) is 0 Å². The molecule has 0 aliphatic rings. The third kappa shape index (κ3) is 3.80. The third-order valence-corrected chi connectivity index (χ3v) is 1.98. The summed E-state index contributed by atoms with van der Waals surface area (Å²) in [4.78, 5) is 32.5. The summed E-state index contributed by atoms with van der Waals surface area (Å²) in [6.45, 7) is 0. The second kappa shape index (κ2) is 5.35. The first-order chi connectivity index (χ1) is 7.90. The Morgan fingerprint density at radius 1 is 1.35 bits per heavy atom. The monoisotopic (exact) mass is 261 g/mol.